The van der Waals surface area contributed by atoms with Gasteiger partial charge in [-0.3, -0.25) is 4.79 Å². The van der Waals surface area contributed by atoms with Gasteiger partial charge in [0.15, 0.2) is 0 Å². The molecule has 0 radical (unpaired) electrons. The average Bonchev–Trinajstić information content (AvgIpc) is 2.17. The summed E-state index contributed by atoms with van der Waals surface area (Å²) in [4.78, 5) is 13.1. The highest BCUT2D eigenvalue weighted by atomic mass is 16.2. The largest absolute Gasteiger partial charge is 0.399 e. The second-order valence-corrected chi connectivity index (χ2v) is 2.99. The fourth-order valence-corrected chi connectivity index (χ4v) is 1.10. The van der Waals surface area contributed by atoms with Crippen molar-refractivity contribution in [2.45, 2.75) is 0 Å². The highest BCUT2D eigenvalue weighted by Crippen LogP contribution is 2.08. The summed E-state index contributed by atoms with van der Waals surface area (Å²) in [5, 5.41) is 0. The number of nitrogens with two attached hydrogens (primary N) is 1. The molecule has 1 aromatic carbocycles. The molecule has 14 heavy (non-hydrogen) atoms. The lowest BCUT2D eigenvalue weighted by molar-refractivity contribution is 0.0812. The highest BCUT2D eigenvalue weighted by molar-refractivity contribution is 5.95. The molecule has 0 atom stereocenters. The minimum absolute atomic E-state index is 0.116. The minimum Gasteiger partial charge on any atom is -0.399 e. The molecule has 3 nitrogen and oxygen atoms in total. The average molecular weight is 188 g/mol. The van der Waals surface area contributed by atoms with E-state index in [1.165, 1.54) is 4.90 Å². The normalized spacial score (nSPS) is 9.14. The molecule has 0 fully saturated rings. The van der Waals surface area contributed by atoms with Gasteiger partial charge in [0.2, 0.25) is 0 Å². The minimum atomic E-state index is -0.116. The van der Waals surface area contributed by atoms with Gasteiger partial charge in [0, 0.05) is 18.3 Å². The number of nitrogens with zero attached hydrogens (tertiary/aromatic N) is 1. The van der Waals surface area contributed by atoms with Crippen LogP contribution in [0.15, 0.2) is 24.3 Å². The monoisotopic (exact) mass is 188 g/mol. The van der Waals surface area contributed by atoms with E-state index in [0.29, 0.717) is 17.8 Å². The van der Waals surface area contributed by atoms with Crippen LogP contribution in [0.3, 0.4) is 0 Å². The van der Waals surface area contributed by atoms with Gasteiger partial charge in [-0.15, -0.1) is 6.42 Å². The first-order valence-corrected chi connectivity index (χ1v) is 4.19. The third-order valence-electron chi connectivity index (χ3n) is 1.81. The predicted molar refractivity (Wildman–Crippen MR) is 56.6 cm³/mol. The lowest BCUT2D eigenvalue weighted by atomic mass is 10.2. The number of hydrogen-bond acceptors (Lipinski definition) is 2. The number of rotatable bonds is 2. The maximum absolute atomic E-state index is 11.7. The quantitative estimate of drug-likeness (QED) is 0.555. The number of amides is 1. The molecule has 0 aliphatic rings. The van der Waals surface area contributed by atoms with E-state index < -0.39 is 0 Å². The molecule has 0 aliphatic carbocycles. The van der Waals surface area contributed by atoms with Crippen LogP contribution in [0.5, 0.6) is 0 Å². The molecule has 0 saturated heterocycles. The van der Waals surface area contributed by atoms with Crippen LogP contribution in [0.1, 0.15) is 10.4 Å². The molecule has 0 saturated carbocycles. The van der Waals surface area contributed by atoms with E-state index in [-0.39, 0.29) is 5.91 Å². The predicted octanol–water partition coefficient (Wildman–Crippen LogP) is 0.974. The van der Waals surface area contributed by atoms with Crippen molar-refractivity contribution < 1.29 is 4.79 Å². The lowest BCUT2D eigenvalue weighted by Crippen LogP contribution is -2.26. The lowest BCUT2D eigenvalue weighted by Gasteiger charge is -2.13. The van der Waals surface area contributed by atoms with Crippen molar-refractivity contribution in [2.75, 3.05) is 19.3 Å². The first kappa shape index (κ1) is 10.1. The first-order chi connectivity index (χ1) is 6.65. The highest BCUT2D eigenvalue weighted by Gasteiger charge is 2.09. The van der Waals surface area contributed by atoms with Gasteiger partial charge >= 0.3 is 0 Å². The number of hydrogen-bond donors (Lipinski definition) is 1. The Morgan fingerprint density at radius 2 is 2.36 bits per heavy atom. The summed E-state index contributed by atoms with van der Waals surface area (Å²) in [6.07, 6.45) is 5.11. The molecule has 1 aromatic rings. The summed E-state index contributed by atoms with van der Waals surface area (Å²) in [6, 6.07) is 6.82. The van der Waals surface area contributed by atoms with Gasteiger partial charge in [0.1, 0.15) is 0 Å². The van der Waals surface area contributed by atoms with Crippen LogP contribution < -0.4 is 5.73 Å². The van der Waals surface area contributed by atoms with E-state index in [1.54, 1.807) is 31.3 Å². The summed E-state index contributed by atoms with van der Waals surface area (Å²) < 4.78 is 0. The fraction of sp³-hybridized carbons (Fsp3) is 0.182. The number of carbonyl (C=O) groups is 1. The van der Waals surface area contributed by atoms with Crippen LogP contribution >= 0.6 is 0 Å². The van der Waals surface area contributed by atoms with Crippen molar-refractivity contribution >= 4 is 11.6 Å². The zero-order valence-electron chi connectivity index (χ0n) is 8.03. The number of nitrogen functional groups attached to an aromatic ring is 1. The topological polar surface area (TPSA) is 46.3 Å². The van der Waals surface area contributed by atoms with Crippen molar-refractivity contribution in [1.82, 2.24) is 4.90 Å². The molecule has 3 heteroatoms. The van der Waals surface area contributed by atoms with Gasteiger partial charge in [-0.1, -0.05) is 12.0 Å². The maximum Gasteiger partial charge on any atom is 0.254 e. The van der Waals surface area contributed by atoms with E-state index in [1.807, 2.05) is 0 Å². The summed E-state index contributed by atoms with van der Waals surface area (Å²) in [6.45, 7) is 0.299. The Kier molecular flexibility index (Phi) is 3.14. The van der Waals surface area contributed by atoms with Crippen molar-refractivity contribution in [3.8, 4) is 12.3 Å². The Morgan fingerprint density at radius 1 is 1.64 bits per heavy atom. The number of anilines is 1. The molecule has 0 heterocycles. The molecule has 0 aliphatic heterocycles. The Bertz CT molecular complexity index is 379. The van der Waals surface area contributed by atoms with Gasteiger partial charge in [-0.2, -0.15) is 0 Å². The molecule has 0 unspecified atom stereocenters. The molecule has 1 rings (SSSR count). The van der Waals surface area contributed by atoms with Gasteiger partial charge in [-0.05, 0) is 18.2 Å². The van der Waals surface area contributed by atoms with Crippen LogP contribution in [0.25, 0.3) is 0 Å². The van der Waals surface area contributed by atoms with Gasteiger partial charge in [-0.25, -0.2) is 0 Å². The van der Waals surface area contributed by atoms with E-state index >= 15 is 0 Å². The SMILES string of the molecule is C#CCN(C)C(=O)c1cccc(N)c1. The second-order valence-electron chi connectivity index (χ2n) is 2.99. The zero-order valence-corrected chi connectivity index (χ0v) is 8.03. The smallest absolute Gasteiger partial charge is 0.254 e. The van der Waals surface area contributed by atoms with E-state index in [0.717, 1.165) is 0 Å². The zero-order chi connectivity index (χ0) is 10.6. The van der Waals surface area contributed by atoms with E-state index in [4.69, 9.17) is 12.2 Å². The van der Waals surface area contributed by atoms with Gasteiger partial charge < -0.3 is 10.6 Å². The number of carbonyl (C=O) groups excluding carboxylic acids is 1. The fourth-order valence-electron chi connectivity index (χ4n) is 1.10. The second kappa shape index (κ2) is 4.33. The summed E-state index contributed by atoms with van der Waals surface area (Å²) in [5.41, 5.74) is 6.69. The van der Waals surface area contributed by atoms with Crippen molar-refractivity contribution in [3.63, 3.8) is 0 Å². The Morgan fingerprint density at radius 3 is 2.93 bits per heavy atom. The van der Waals surface area contributed by atoms with Gasteiger partial charge in [0.25, 0.3) is 5.91 Å². The molecule has 72 valence electrons. The van der Waals surface area contributed by atoms with Crippen LogP contribution in [0, 0.1) is 12.3 Å². The number of terminal acetylenes is 1. The molecular weight excluding hydrogens is 176 g/mol. The summed E-state index contributed by atoms with van der Waals surface area (Å²) >= 11 is 0. The van der Waals surface area contributed by atoms with Crippen LogP contribution in [0.4, 0.5) is 5.69 Å². The molecule has 2 N–H and O–H groups in total. The molecule has 0 spiro atoms. The third-order valence-corrected chi connectivity index (χ3v) is 1.81. The molecule has 1 amide bonds. The third kappa shape index (κ3) is 2.27. The first-order valence-electron chi connectivity index (χ1n) is 4.19. The Hall–Kier alpha value is -1.95. The Balaban J connectivity index is 2.85. The van der Waals surface area contributed by atoms with E-state index in [2.05, 4.69) is 5.92 Å². The van der Waals surface area contributed by atoms with Crippen molar-refractivity contribution in [3.05, 3.63) is 29.8 Å². The molecule has 0 aromatic heterocycles. The van der Waals surface area contributed by atoms with Crippen LogP contribution in [-0.2, 0) is 0 Å². The van der Waals surface area contributed by atoms with Gasteiger partial charge in [0.05, 0.1) is 6.54 Å². The standard InChI is InChI=1S/C11H12N2O/c1-3-7-13(2)11(14)9-5-4-6-10(12)8-9/h1,4-6,8H,7,12H2,2H3. The van der Waals surface area contributed by atoms with E-state index in [9.17, 15) is 4.79 Å². The van der Waals surface area contributed by atoms with Crippen LogP contribution in [-0.4, -0.2) is 24.4 Å². The van der Waals surface area contributed by atoms with Crippen molar-refractivity contribution in [1.29, 1.82) is 0 Å². The van der Waals surface area contributed by atoms with Crippen LogP contribution in [0.2, 0.25) is 0 Å². The Labute approximate surface area is 83.5 Å². The summed E-state index contributed by atoms with van der Waals surface area (Å²) in [5.74, 6) is 2.29. The maximum atomic E-state index is 11.7. The number of benzene rings is 1. The molecular formula is C11H12N2O. The summed E-state index contributed by atoms with van der Waals surface area (Å²) in [7, 11) is 1.66. The van der Waals surface area contributed by atoms with Crippen molar-refractivity contribution in [2.24, 2.45) is 0 Å². The molecule has 0 bridgehead atoms.